The summed E-state index contributed by atoms with van der Waals surface area (Å²) in [5.41, 5.74) is -0.299. The van der Waals surface area contributed by atoms with Crippen LogP contribution in [0.1, 0.15) is 53.4 Å². The van der Waals surface area contributed by atoms with Crippen molar-refractivity contribution in [2.24, 2.45) is 0 Å². The summed E-state index contributed by atoms with van der Waals surface area (Å²) in [7, 11) is 0. The van der Waals surface area contributed by atoms with E-state index in [1.807, 2.05) is 0 Å². The fourth-order valence-corrected chi connectivity index (χ4v) is 3.03. The van der Waals surface area contributed by atoms with Crippen molar-refractivity contribution in [3.8, 4) is 0 Å². The standard InChI is InChI=1S/C15H31N3O/c1-5-9-15(10-8-11-16-15)14(19)17-13(4)12-18(6-2)7-3/h13,16H,5-12H2,1-4H3,(H,17,19). The predicted molar refractivity (Wildman–Crippen MR) is 80.3 cm³/mol. The van der Waals surface area contributed by atoms with Crippen molar-refractivity contribution in [1.29, 1.82) is 0 Å². The van der Waals surface area contributed by atoms with E-state index in [0.29, 0.717) is 0 Å². The molecule has 1 aliphatic rings. The third-order valence-electron chi connectivity index (χ3n) is 4.16. The Morgan fingerprint density at radius 1 is 1.37 bits per heavy atom. The van der Waals surface area contributed by atoms with E-state index in [9.17, 15) is 4.79 Å². The first-order valence-electron chi connectivity index (χ1n) is 7.86. The van der Waals surface area contributed by atoms with E-state index in [-0.39, 0.29) is 17.5 Å². The molecular formula is C15H31N3O. The zero-order valence-electron chi connectivity index (χ0n) is 13.1. The molecule has 19 heavy (non-hydrogen) atoms. The molecule has 4 heteroatoms. The minimum absolute atomic E-state index is 0.200. The van der Waals surface area contributed by atoms with Gasteiger partial charge in [-0.25, -0.2) is 0 Å². The Balaban J connectivity index is 2.52. The highest BCUT2D eigenvalue weighted by molar-refractivity contribution is 5.86. The lowest BCUT2D eigenvalue weighted by atomic mass is 9.90. The molecule has 0 saturated carbocycles. The van der Waals surface area contributed by atoms with Gasteiger partial charge in [0.2, 0.25) is 5.91 Å². The van der Waals surface area contributed by atoms with Crippen LogP contribution in [0.3, 0.4) is 0 Å². The first-order valence-corrected chi connectivity index (χ1v) is 7.86. The first kappa shape index (κ1) is 16.4. The van der Waals surface area contributed by atoms with Gasteiger partial charge in [0.25, 0.3) is 0 Å². The van der Waals surface area contributed by atoms with E-state index >= 15 is 0 Å². The second-order valence-corrected chi connectivity index (χ2v) is 5.72. The average Bonchev–Trinajstić information content (AvgIpc) is 2.86. The summed E-state index contributed by atoms with van der Waals surface area (Å²) in [5, 5.41) is 6.64. The van der Waals surface area contributed by atoms with Crippen LogP contribution in [0.4, 0.5) is 0 Å². The van der Waals surface area contributed by atoms with Gasteiger partial charge < -0.3 is 15.5 Å². The van der Waals surface area contributed by atoms with Gasteiger partial charge >= 0.3 is 0 Å². The van der Waals surface area contributed by atoms with Crippen molar-refractivity contribution in [1.82, 2.24) is 15.5 Å². The lowest BCUT2D eigenvalue weighted by molar-refractivity contribution is -0.128. The molecule has 2 atom stereocenters. The van der Waals surface area contributed by atoms with Crippen molar-refractivity contribution in [2.75, 3.05) is 26.2 Å². The van der Waals surface area contributed by atoms with E-state index in [0.717, 1.165) is 51.9 Å². The predicted octanol–water partition coefficient (Wildman–Crippen LogP) is 1.76. The van der Waals surface area contributed by atoms with Gasteiger partial charge in [-0.15, -0.1) is 0 Å². The molecule has 0 radical (unpaired) electrons. The Labute approximate surface area is 118 Å². The van der Waals surface area contributed by atoms with Gasteiger partial charge in [-0.2, -0.15) is 0 Å². The molecule has 0 aromatic carbocycles. The summed E-state index contributed by atoms with van der Waals surface area (Å²) in [4.78, 5) is 14.9. The van der Waals surface area contributed by atoms with Crippen LogP contribution in [-0.2, 0) is 4.79 Å². The van der Waals surface area contributed by atoms with Crippen LogP contribution < -0.4 is 10.6 Å². The van der Waals surface area contributed by atoms with Crippen LogP contribution in [0, 0.1) is 0 Å². The Kier molecular flexibility index (Phi) is 6.80. The topological polar surface area (TPSA) is 44.4 Å². The number of likely N-dealkylation sites (N-methyl/N-ethyl adjacent to an activating group) is 1. The molecule has 1 saturated heterocycles. The number of nitrogens with zero attached hydrogens (tertiary/aromatic N) is 1. The van der Waals surface area contributed by atoms with Gasteiger partial charge in [0, 0.05) is 12.6 Å². The highest BCUT2D eigenvalue weighted by Gasteiger charge is 2.40. The van der Waals surface area contributed by atoms with Gasteiger partial charge in [-0.3, -0.25) is 4.79 Å². The molecule has 0 spiro atoms. The van der Waals surface area contributed by atoms with Gasteiger partial charge in [-0.05, 0) is 45.8 Å². The molecule has 1 fully saturated rings. The number of carbonyl (C=O) groups excluding carboxylic acids is 1. The zero-order chi connectivity index (χ0) is 14.3. The third kappa shape index (κ3) is 4.46. The van der Waals surface area contributed by atoms with Crippen molar-refractivity contribution >= 4 is 5.91 Å². The quantitative estimate of drug-likeness (QED) is 0.706. The lowest BCUT2D eigenvalue weighted by Crippen LogP contribution is -2.56. The molecule has 1 rings (SSSR count). The monoisotopic (exact) mass is 269 g/mol. The van der Waals surface area contributed by atoms with E-state index < -0.39 is 0 Å². The van der Waals surface area contributed by atoms with E-state index in [2.05, 4.69) is 43.2 Å². The smallest absolute Gasteiger partial charge is 0.240 e. The minimum atomic E-state index is -0.299. The number of hydrogen-bond acceptors (Lipinski definition) is 3. The van der Waals surface area contributed by atoms with Gasteiger partial charge in [-0.1, -0.05) is 27.2 Å². The minimum Gasteiger partial charge on any atom is -0.351 e. The van der Waals surface area contributed by atoms with Crippen LogP contribution in [0.5, 0.6) is 0 Å². The second kappa shape index (κ2) is 7.85. The van der Waals surface area contributed by atoms with E-state index in [1.165, 1.54) is 0 Å². The summed E-state index contributed by atoms with van der Waals surface area (Å²) in [6, 6.07) is 0.212. The van der Waals surface area contributed by atoms with Crippen LogP contribution in [0.15, 0.2) is 0 Å². The largest absolute Gasteiger partial charge is 0.351 e. The van der Waals surface area contributed by atoms with Crippen molar-refractivity contribution in [3.05, 3.63) is 0 Å². The molecule has 2 N–H and O–H groups in total. The van der Waals surface area contributed by atoms with Crippen LogP contribution in [0.25, 0.3) is 0 Å². The van der Waals surface area contributed by atoms with Crippen molar-refractivity contribution in [2.45, 2.75) is 65.0 Å². The normalized spacial score (nSPS) is 24.7. The zero-order valence-corrected chi connectivity index (χ0v) is 13.1. The molecule has 0 aromatic rings. The maximum atomic E-state index is 12.5. The lowest BCUT2D eigenvalue weighted by Gasteiger charge is -2.31. The number of hydrogen-bond donors (Lipinski definition) is 2. The Morgan fingerprint density at radius 2 is 2.05 bits per heavy atom. The molecule has 1 heterocycles. The summed E-state index contributed by atoms with van der Waals surface area (Å²) in [6.45, 7) is 12.5. The molecule has 0 aliphatic carbocycles. The van der Waals surface area contributed by atoms with Crippen LogP contribution >= 0.6 is 0 Å². The highest BCUT2D eigenvalue weighted by Crippen LogP contribution is 2.25. The van der Waals surface area contributed by atoms with Crippen molar-refractivity contribution < 1.29 is 4.79 Å². The second-order valence-electron chi connectivity index (χ2n) is 5.72. The number of carbonyl (C=O) groups is 1. The highest BCUT2D eigenvalue weighted by atomic mass is 16.2. The van der Waals surface area contributed by atoms with Gasteiger partial charge in [0.1, 0.15) is 0 Å². The third-order valence-corrected chi connectivity index (χ3v) is 4.16. The summed E-state index contributed by atoms with van der Waals surface area (Å²) < 4.78 is 0. The molecule has 2 unspecified atom stereocenters. The average molecular weight is 269 g/mol. The van der Waals surface area contributed by atoms with E-state index in [4.69, 9.17) is 0 Å². The Hall–Kier alpha value is -0.610. The van der Waals surface area contributed by atoms with Crippen LogP contribution in [-0.4, -0.2) is 48.6 Å². The molecule has 1 amide bonds. The maximum Gasteiger partial charge on any atom is 0.240 e. The van der Waals surface area contributed by atoms with E-state index in [1.54, 1.807) is 0 Å². The SMILES string of the molecule is CCCC1(C(=O)NC(C)CN(CC)CC)CCCN1. The summed E-state index contributed by atoms with van der Waals surface area (Å²) >= 11 is 0. The number of nitrogens with one attached hydrogen (secondary N) is 2. The molecule has 4 nitrogen and oxygen atoms in total. The molecule has 1 aliphatic heterocycles. The summed E-state index contributed by atoms with van der Waals surface area (Å²) in [6.07, 6.45) is 4.07. The van der Waals surface area contributed by atoms with Gasteiger partial charge in [0.05, 0.1) is 5.54 Å². The summed E-state index contributed by atoms with van der Waals surface area (Å²) in [5.74, 6) is 0.200. The molecule has 0 bridgehead atoms. The first-order chi connectivity index (χ1) is 9.07. The molecule has 112 valence electrons. The maximum absolute atomic E-state index is 12.5. The van der Waals surface area contributed by atoms with Gasteiger partial charge in [0.15, 0.2) is 0 Å². The number of rotatable bonds is 8. The molecular weight excluding hydrogens is 238 g/mol. The Bertz CT molecular complexity index is 271. The van der Waals surface area contributed by atoms with Crippen molar-refractivity contribution in [3.63, 3.8) is 0 Å². The Morgan fingerprint density at radius 3 is 2.53 bits per heavy atom. The number of amides is 1. The molecule has 0 aromatic heterocycles. The van der Waals surface area contributed by atoms with Crippen LogP contribution in [0.2, 0.25) is 0 Å². The fourth-order valence-electron chi connectivity index (χ4n) is 3.03. The fraction of sp³-hybridized carbons (Fsp3) is 0.933.